The van der Waals surface area contributed by atoms with Crippen LogP contribution in [0.25, 0.3) is 0 Å². The second-order valence-electron chi connectivity index (χ2n) is 5.78. The van der Waals surface area contributed by atoms with Crippen molar-refractivity contribution in [3.63, 3.8) is 0 Å². The predicted octanol–water partition coefficient (Wildman–Crippen LogP) is 2.99. The number of methoxy groups -OCH3 is 1. The first kappa shape index (κ1) is 17.5. The van der Waals surface area contributed by atoms with Crippen LogP contribution in [0.3, 0.4) is 0 Å². The van der Waals surface area contributed by atoms with Gasteiger partial charge in [0.15, 0.2) is 0 Å². The maximum atomic E-state index is 12.4. The molecule has 6 nitrogen and oxygen atoms in total. The number of carboxylic acid groups (broad SMARTS) is 1. The monoisotopic (exact) mass is 338 g/mol. The van der Waals surface area contributed by atoms with Gasteiger partial charge in [0.2, 0.25) is 0 Å². The number of ether oxygens (including phenoxy) is 1. The normalized spacial score (nSPS) is 20.9. The Labute approximate surface area is 140 Å². The molecule has 1 aromatic rings. The minimum atomic E-state index is -0.844. The van der Waals surface area contributed by atoms with Gasteiger partial charge in [0.1, 0.15) is 5.75 Å². The molecule has 0 aromatic heterocycles. The fourth-order valence-corrected chi connectivity index (χ4v) is 3.41. The smallest absolute Gasteiger partial charge is 0.321 e. The lowest BCUT2D eigenvalue weighted by molar-refractivity contribution is -0.143. The summed E-state index contributed by atoms with van der Waals surface area (Å²) in [6.07, 6.45) is 2.55. The minimum Gasteiger partial charge on any atom is -0.496 e. The van der Waals surface area contributed by atoms with Crippen LogP contribution >= 0.6 is 11.8 Å². The van der Waals surface area contributed by atoms with Crippen LogP contribution in [0.1, 0.15) is 13.3 Å². The molecule has 0 bridgehead atoms. The summed E-state index contributed by atoms with van der Waals surface area (Å²) < 4.78 is 5.26. The van der Waals surface area contributed by atoms with E-state index >= 15 is 0 Å². The van der Waals surface area contributed by atoms with Gasteiger partial charge in [0.05, 0.1) is 17.9 Å². The summed E-state index contributed by atoms with van der Waals surface area (Å²) >= 11 is 1.53. The Hall–Kier alpha value is -1.89. The van der Waals surface area contributed by atoms with Gasteiger partial charge in [0.25, 0.3) is 0 Å². The number of hydrogen-bond acceptors (Lipinski definition) is 4. The summed E-state index contributed by atoms with van der Waals surface area (Å²) in [6, 6.07) is 5.17. The highest BCUT2D eigenvalue weighted by atomic mass is 32.2. The standard InChI is InChI=1S/C16H22N2O4S/c1-10-6-11(15(19)20)9-18(8-10)16(21)17-12-4-5-13(22-2)14(7-12)23-3/h4-5,7,10-11H,6,8-9H2,1-3H3,(H,17,21)(H,19,20). The SMILES string of the molecule is COc1ccc(NC(=O)N2CC(C)CC(C(=O)O)C2)cc1SC. The molecule has 1 heterocycles. The molecule has 1 aliphatic heterocycles. The predicted molar refractivity (Wildman–Crippen MR) is 90.3 cm³/mol. The molecular weight excluding hydrogens is 316 g/mol. The molecule has 2 amide bonds. The van der Waals surface area contributed by atoms with Crippen LogP contribution in [0.2, 0.25) is 0 Å². The molecule has 1 aromatic carbocycles. The van der Waals surface area contributed by atoms with Gasteiger partial charge in [-0.2, -0.15) is 0 Å². The molecule has 0 radical (unpaired) electrons. The van der Waals surface area contributed by atoms with Crippen LogP contribution in [0, 0.1) is 11.8 Å². The zero-order valence-corrected chi connectivity index (χ0v) is 14.4. The first-order valence-electron chi connectivity index (χ1n) is 7.45. The number of anilines is 1. The van der Waals surface area contributed by atoms with E-state index in [1.807, 2.05) is 19.2 Å². The molecule has 0 saturated carbocycles. The number of nitrogens with one attached hydrogen (secondary N) is 1. The fourth-order valence-electron chi connectivity index (χ4n) is 2.81. The number of aliphatic carboxylic acids is 1. The summed E-state index contributed by atoms with van der Waals surface area (Å²) in [5.74, 6) is -0.410. The summed E-state index contributed by atoms with van der Waals surface area (Å²) in [7, 11) is 1.61. The van der Waals surface area contributed by atoms with Gasteiger partial charge in [-0.25, -0.2) is 4.79 Å². The van der Waals surface area contributed by atoms with Crippen molar-refractivity contribution in [2.75, 3.05) is 31.8 Å². The molecule has 1 aliphatic rings. The summed E-state index contributed by atoms with van der Waals surface area (Å²) in [4.78, 5) is 26.1. The van der Waals surface area contributed by atoms with Gasteiger partial charge in [0, 0.05) is 18.8 Å². The number of amides is 2. The van der Waals surface area contributed by atoms with Crippen molar-refractivity contribution in [1.29, 1.82) is 0 Å². The van der Waals surface area contributed by atoms with Gasteiger partial charge in [-0.3, -0.25) is 4.79 Å². The van der Waals surface area contributed by atoms with Crippen LogP contribution in [0.5, 0.6) is 5.75 Å². The van der Waals surface area contributed by atoms with E-state index in [1.165, 1.54) is 11.8 Å². The zero-order valence-electron chi connectivity index (χ0n) is 13.5. The number of carbonyl (C=O) groups excluding carboxylic acids is 1. The van der Waals surface area contributed by atoms with Crippen LogP contribution in [-0.4, -0.2) is 48.5 Å². The number of rotatable bonds is 4. The highest BCUT2D eigenvalue weighted by Crippen LogP contribution is 2.30. The van der Waals surface area contributed by atoms with E-state index in [-0.39, 0.29) is 18.5 Å². The maximum Gasteiger partial charge on any atom is 0.321 e. The van der Waals surface area contributed by atoms with Crippen LogP contribution in [0.15, 0.2) is 23.1 Å². The Bertz CT molecular complexity index is 593. The Kier molecular flexibility index (Phi) is 5.76. The molecule has 7 heteroatoms. The van der Waals surface area contributed by atoms with E-state index in [9.17, 15) is 14.7 Å². The molecule has 23 heavy (non-hydrogen) atoms. The molecule has 2 unspecified atom stereocenters. The number of benzene rings is 1. The highest BCUT2D eigenvalue weighted by molar-refractivity contribution is 7.98. The van der Waals surface area contributed by atoms with Crippen molar-refractivity contribution in [3.05, 3.63) is 18.2 Å². The van der Waals surface area contributed by atoms with E-state index in [4.69, 9.17) is 4.74 Å². The first-order chi connectivity index (χ1) is 10.9. The zero-order chi connectivity index (χ0) is 17.0. The number of carbonyl (C=O) groups is 2. The van der Waals surface area contributed by atoms with E-state index in [0.717, 1.165) is 10.6 Å². The lowest BCUT2D eigenvalue weighted by atomic mass is 9.91. The van der Waals surface area contributed by atoms with Gasteiger partial charge in [-0.15, -0.1) is 11.8 Å². The second-order valence-corrected chi connectivity index (χ2v) is 6.63. The molecule has 1 saturated heterocycles. The molecule has 2 atom stereocenters. The van der Waals surface area contributed by atoms with Crippen molar-refractivity contribution >= 4 is 29.4 Å². The van der Waals surface area contributed by atoms with E-state index in [1.54, 1.807) is 24.1 Å². The minimum absolute atomic E-state index is 0.174. The first-order valence-corrected chi connectivity index (χ1v) is 8.67. The molecule has 2 N–H and O–H groups in total. The number of likely N-dealkylation sites (tertiary alicyclic amines) is 1. The van der Waals surface area contributed by atoms with Gasteiger partial charge in [-0.05, 0) is 36.8 Å². The molecule has 126 valence electrons. The maximum absolute atomic E-state index is 12.4. The van der Waals surface area contributed by atoms with Gasteiger partial charge >= 0.3 is 12.0 Å². The van der Waals surface area contributed by atoms with Gasteiger partial charge in [-0.1, -0.05) is 6.92 Å². The fraction of sp³-hybridized carbons (Fsp3) is 0.500. The number of thioether (sulfide) groups is 1. The van der Waals surface area contributed by atoms with E-state index in [2.05, 4.69) is 5.32 Å². The Morgan fingerprint density at radius 2 is 2.13 bits per heavy atom. The molecule has 2 rings (SSSR count). The van der Waals surface area contributed by atoms with Crippen LogP contribution in [-0.2, 0) is 4.79 Å². The van der Waals surface area contributed by atoms with Crippen LogP contribution < -0.4 is 10.1 Å². The lowest BCUT2D eigenvalue weighted by Gasteiger charge is -2.34. The average Bonchev–Trinajstić information content (AvgIpc) is 2.53. The second kappa shape index (κ2) is 7.59. The van der Waals surface area contributed by atoms with E-state index in [0.29, 0.717) is 18.7 Å². The summed E-state index contributed by atoms with van der Waals surface area (Å²) in [6.45, 7) is 2.78. The van der Waals surface area contributed by atoms with Crippen LogP contribution in [0.4, 0.5) is 10.5 Å². The number of nitrogens with zero attached hydrogens (tertiary/aromatic N) is 1. The largest absolute Gasteiger partial charge is 0.496 e. The Balaban J connectivity index is 2.07. The van der Waals surface area contributed by atoms with Crippen molar-refractivity contribution in [1.82, 2.24) is 4.90 Å². The summed E-state index contributed by atoms with van der Waals surface area (Å²) in [5.41, 5.74) is 0.672. The third-order valence-electron chi connectivity index (χ3n) is 3.93. The third-order valence-corrected chi connectivity index (χ3v) is 4.69. The lowest BCUT2D eigenvalue weighted by Crippen LogP contribution is -2.47. The van der Waals surface area contributed by atoms with E-state index < -0.39 is 11.9 Å². The van der Waals surface area contributed by atoms with Crippen molar-refractivity contribution in [3.8, 4) is 5.75 Å². The number of carboxylic acids is 1. The number of urea groups is 1. The van der Waals surface area contributed by atoms with Crippen molar-refractivity contribution in [2.45, 2.75) is 18.2 Å². The molecule has 1 fully saturated rings. The molecule has 0 aliphatic carbocycles. The van der Waals surface area contributed by atoms with Crippen molar-refractivity contribution in [2.24, 2.45) is 11.8 Å². The topological polar surface area (TPSA) is 78.9 Å². The van der Waals surface area contributed by atoms with Gasteiger partial charge < -0.3 is 20.1 Å². The quantitative estimate of drug-likeness (QED) is 0.825. The molecular formula is C16H22N2O4S. The Morgan fingerprint density at radius 1 is 1.39 bits per heavy atom. The average molecular weight is 338 g/mol. The molecule has 0 spiro atoms. The highest BCUT2D eigenvalue weighted by Gasteiger charge is 2.31. The Morgan fingerprint density at radius 3 is 2.74 bits per heavy atom. The number of piperidine rings is 1. The third kappa shape index (κ3) is 4.31. The summed E-state index contributed by atoms with van der Waals surface area (Å²) in [5, 5.41) is 12.0. The van der Waals surface area contributed by atoms with Crippen molar-refractivity contribution < 1.29 is 19.4 Å². The number of hydrogen-bond donors (Lipinski definition) is 2.